The number of carbonyl (C=O) groups excluding carboxylic acids is 2. The zero-order valence-electron chi connectivity index (χ0n) is 11.3. The van der Waals surface area contributed by atoms with Gasteiger partial charge in [-0.3, -0.25) is 4.79 Å². The standard InChI is InChI=1S/C12H23NO3Si/c1-5-6-9-16-12(15)10-7-8-11(14)13(10)17(2,3)4/h10H,5-9H2,1-4H3. The van der Waals surface area contributed by atoms with Crippen molar-refractivity contribution in [3.05, 3.63) is 0 Å². The van der Waals surface area contributed by atoms with Crippen LogP contribution in [0.5, 0.6) is 0 Å². The van der Waals surface area contributed by atoms with Crippen molar-refractivity contribution in [3.8, 4) is 0 Å². The zero-order valence-corrected chi connectivity index (χ0v) is 12.3. The Balaban J connectivity index is 2.63. The summed E-state index contributed by atoms with van der Waals surface area (Å²) in [4.78, 5) is 23.7. The SMILES string of the molecule is CCCCOC(=O)C1CCC(=O)N1[Si](C)(C)C. The predicted molar refractivity (Wildman–Crippen MR) is 69.1 cm³/mol. The van der Waals surface area contributed by atoms with Gasteiger partial charge in [0.05, 0.1) is 6.61 Å². The molecule has 0 aromatic heterocycles. The molecule has 0 bridgehead atoms. The molecule has 0 saturated carbocycles. The van der Waals surface area contributed by atoms with Gasteiger partial charge in [0, 0.05) is 6.42 Å². The average molecular weight is 257 g/mol. The fourth-order valence-electron chi connectivity index (χ4n) is 2.16. The van der Waals surface area contributed by atoms with Gasteiger partial charge in [0.2, 0.25) is 5.91 Å². The number of rotatable bonds is 5. The first-order valence-electron chi connectivity index (χ1n) is 6.36. The van der Waals surface area contributed by atoms with Crippen molar-refractivity contribution in [1.29, 1.82) is 0 Å². The lowest BCUT2D eigenvalue weighted by atomic mass is 10.2. The molecule has 1 saturated heterocycles. The van der Waals surface area contributed by atoms with E-state index in [-0.39, 0.29) is 17.9 Å². The minimum absolute atomic E-state index is 0.113. The molecule has 0 aromatic carbocycles. The Hall–Kier alpha value is -0.843. The Morgan fingerprint density at radius 3 is 2.65 bits per heavy atom. The Morgan fingerprint density at radius 2 is 2.12 bits per heavy atom. The van der Waals surface area contributed by atoms with E-state index >= 15 is 0 Å². The predicted octanol–water partition coefficient (Wildman–Crippen LogP) is 2.16. The fraction of sp³-hybridized carbons (Fsp3) is 0.833. The highest BCUT2D eigenvalue weighted by molar-refractivity contribution is 6.75. The van der Waals surface area contributed by atoms with Crippen molar-refractivity contribution in [2.45, 2.75) is 58.3 Å². The second kappa shape index (κ2) is 5.66. The first-order chi connectivity index (χ1) is 7.88. The molecular formula is C12H23NO3Si. The lowest BCUT2D eigenvalue weighted by Gasteiger charge is -2.34. The molecule has 0 aromatic rings. The van der Waals surface area contributed by atoms with Crippen LogP contribution in [0.2, 0.25) is 19.6 Å². The lowest BCUT2D eigenvalue weighted by molar-refractivity contribution is -0.149. The monoisotopic (exact) mass is 257 g/mol. The maximum atomic E-state index is 11.9. The highest BCUT2D eigenvalue weighted by atomic mass is 28.3. The molecule has 4 nitrogen and oxygen atoms in total. The zero-order chi connectivity index (χ0) is 13.1. The lowest BCUT2D eigenvalue weighted by Crippen LogP contribution is -2.53. The van der Waals surface area contributed by atoms with E-state index in [1.54, 1.807) is 4.57 Å². The Kier molecular flexibility index (Phi) is 4.74. The number of hydrogen-bond donors (Lipinski definition) is 0. The maximum absolute atomic E-state index is 11.9. The van der Waals surface area contributed by atoms with Crippen molar-refractivity contribution in [2.24, 2.45) is 0 Å². The van der Waals surface area contributed by atoms with E-state index in [9.17, 15) is 9.59 Å². The van der Waals surface area contributed by atoms with E-state index in [1.807, 2.05) is 0 Å². The number of carbonyl (C=O) groups is 2. The number of ether oxygens (including phenoxy) is 1. The van der Waals surface area contributed by atoms with Crippen LogP contribution in [-0.2, 0) is 14.3 Å². The third-order valence-corrected chi connectivity index (χ3v) is 4.96. The summed E-state index contributed by atoms with van der Waals surface area (Å²) < 4.78 is 7.04. The summed E-state index contributed by atoms with van der Waals surface area (Å²) in [5, 5.41) is 0. The molecule has 1 fully saturated rings. The number of nitrogens with zero attached hydrogens (tertiary/aromatic N) is 1. The van der Waals surface area contributed by atoms with Crippen molar-refractivity contribution >= 4 is 20.1 Å². The smallest absolute Gasteiger partial charge is 0.328 e. The van der Waals surface area contributed by atoms with Crippen molar-refractivity contribution in [3.63, 3.8) is 0 Å². The minimum Gasteiger partial charge on any atom is -0.464 e. The molecule has 1 rings (SSSR count). The highest BCUT2D eigenvalue weighted by Crippen LogP contribution is 2.26. The summed E-state index contributed by atoms with van der Waals surface area (Å²) >= 11 is 0. The van der Waals surface area contributed by atoms with E-state index in [1.165, 1.54) is 0 Å². The third-order valence-electron chi connectivity index (χ3n) is 2.95. The van der Waals surface area contributed by atoms with Crippen LogP contribution >= 0.6 is 0 Å². The molecular weight excluding hydrogens is 234 g/mol. The Labute approximate surface area is 104 Å². The van der Waals surface area contributed by atoms with Gasteiger partial charge in [0.25, 0.3) is 0 Å². The van der Waals surface area contributed by atoms with Gasteiger partial charge in [-0.05, 0) is 12.8 Å². The van der Waals surface area contributed by atoms with Crippen LogP contribution in [0.1, 0.15) is 32.6 Å². The van der Waals surface area contributed by atoms with Gasteiger partial charge in [0.15, 0.2) is 8.24 Å². The molecule has 0 aliphatic carbocycles. The number of unbranched alkanes of at least 4 members (excludes halogenated alkanes) is 1. The van der Waals surface area contributed by atoms with Crippen molar-refractivity contribution < 1.29 is 14.3 Å². The minimum atomic E-state index is -1.78. The summed E-state index contributed by atoms with van der Waals surface area (Å²) in [6.07, 6.45) is 3.00. The summed E-state index contributed by atoms with van der Waals surface area (Å²) in [5.41, 5.74) is 0. The fourth-order valence-corrected chi connectivity index (χ4v) is 4.19. The average Bonchev–Trinajstić information content (AvgIpc) is 2.60. The van der Waals surface area contributed by atoms with Gasteiger partial charge in [-0.2, -0.15) is 0 Å². The van der Waals surface area contributed by atoms with Crippen LogP contribution in [0.3, 0.4) is 0 Å². The van der Waals surface area contributed by atoms with Gasteiger partial charge in [-0.15, -0.1) is 0 Å². The molecule has 1 amide bonds. The molecule has 0 N–H and O–H groups in total. The quantitative estimate of drug-likeness (QED) is 0.431. The summed E-state index contributed by atoms with van der Waals surface area (Å²) in [7, 11) is -1.78. The number of hydrogen-bond acceptors (Lipinski definition) is 3. The van der Waals surface area contributed by atoms with E-state index in [0.29, 0.717) is 19.4 Å². The summed E-state index contributed by atoms with van der Waals surface area (Å²) in [6, 6.07) is -0.328. The second-order valence-electron chi connectivity index (χ2n) is 5.51. The number of esters is 1. The molecule has 5 heteroatoms. The van der Waals surface area contributed by atoms with Crippen molar-refractivity contribution in [1.82, 2.24) is 4.57 Å². The molecule has 0 radical (unpaired) electrons. The molecule has 17 heavy (non-hydrogen) atoms. The number of amides is 1. The van der Waals surface area contributed by atoms with Gasteiger partial charge < -0.3 is 9.30 Å². The van der Waals surface area contributed by atoms with Crippen LogP contribution in [0, 0.1) is 0 Å². The van der Waals surface area contributed by atoms with Gasteiger partial charge in [-0.25, -0.2) is 4.79 Å². The van der Waals surface area contributed by atoms with Gasteiger partial charge >= 0.3 is 5.97 Å². The van der Waals surface area contributed by atoms with Crippen LogP contribution < -0.4 is 0 Å². The maximum Gasteiger partial charge on any atom is 0.328 e. The molecule has 1 unspecified atom stereocenters. The van der Waals surface area contributed by atoms with E-state index in [0.717, 1.165) is 12.8 Å². The van der Waals surface area contributed by atoms with Crippen LogP contribution in [-0.4, -0.2) is 37.3 Å². The van der Waals surface area contributed by atoms with E-state index in [4.69, 9.17) is 4.74 Å². The molecule has 1 aliphatic heterocycles. The first-order valence-corrected chi connectivity index (χ1v) is 9.81. The largest absolute Gasteiger partial charge is 0.464 e. The van der Waals surface area contributed by atoms with Crippen molar-refractivity contribution in [2.75, 3.05) is 6.61 Å². The van der Waals surface area contributed by atoms with E-state index in [2.05, 4.69) is 26.6 Å². The van der Waals surface area contributed by atoms with Crippen LogP contribution in [0.4, 0.5) is 0 Å². The van der Waals surface area contributed by atoms with Crippen LogP contribution in [0.25, 0.3) is 0 Å². The molecule has 1 atom stereocenters. The molecule has 1 heterocycles. The van der Waals surface area contributed by atoms with E-state index < -0.39 is 8.24 Å². The molecule has 98 valence electrons. The van der Waals surface area contributed by atoms with Gasteiger partial charge in [-0.1, -0.05) is 33.0 Å². The summed E-state index contributed by atoms with van der Waals surface area (Å²) in [6.45, 7) is 8.79. The van der Waals surface area contributed by atoms with Crippen LogP contribution in [0.15, 0.2) is 0 Å². The Morgan fingerprint density at radius 1 is 1.47 bits per heavy atom. The first kappa shape index (κ1) is 14.2. The molecule has 1 aliphatic rings. The van der Waals surface area contributed by atoms with Gasteiger partial charge in [0.1, 0.15) is 6.04 Å². The highest BCUT2D eigenvalue weighted by Gasteiger charge is 2.43. The summed E-state index contributed by atoms with van der Waals surface area (Å²) in [5.74, 6) is -0.103. The third kappa shape index (κ3) is 3.56. The topological polar surface area (TPSA) is 46.6 Å². The normalized spacial score (nSPS) is 20.8. The molecule has 0 spiro atoms. The Bertz CT molecular complexity index is 299. The second-order valence-corrected chi connectivity index (χ2v) is 10.3.